The van der Waals surface area contributed by atoms with E-state index >= 15 is 0 Å². The lowest BCUT2D eigenvalue weighted by Crippen LogP contribution is -2.16. The predicted octanol–water partition coefficient (Wildman–Crippen LogP) is 4.86. The van der Waals surface area contributed by atoms with Crippen molar-refractivity contribution in [2.75, 3.05) is 10.6 Å². The summed E-state index contributed by atoms with van der Waals surface area (Å²) in [6.07, 6.45) is -0.260. The molecule has 0 saturated carbocycles. The van der Waals surface area contributed by atoms with E-state index < -0.39 is 23.7 Å². The summed E-state index contributed by atoms with van der Waals surface area (Å²) in [5.41, 5.74) is 1.89. The Balaban J connectivity index is 1.38. The number of nitrogens with one attached hydrogen (secondary N) is 4. The number of amides is 1. The van der Waals surface area contributed by atoms with Crippen molar-refractivity contribution in [1.82, 2.24) is 24.9 Å². The number of H-pyrrole nitrogens is 2. The van der Waals surface area contributed by atoms with Gasteiger partial charge in [-0.25, -0.2) is 19.3 Å². The molecule has 4 heterocycles. The fraction of sp³-hybridized carbons (Fsp3) is 0.0909. The number of hydrogen-bond donors (Lipinski definition) is 4. The molecule has 5 rings (SSSR count). The van der Waals surface area contributed by atoms with Crippen LogP contribution in [0.5, 0.6) is 0 Å². The highest BCUT2D eigenvalue weighted by atomic mass is 19.4. The van der Waals surface area contributed by atoms with Crippen molar-refractivity contribution in [3.8, 4) is 0 Å². The third-order valence-electron chi connectivity index (χ3n) is 5.11. The fourth-order valence-corrected chi connectivity index (χ4v) is 3.52. The largest absolute Gasteiger partial charge is 0.449 e. The Kier molecular flexibility index (Phi) is 5.11. The third kappa shape index (κ3) is 4.12. The standard InChI is InChI=1S/C22H15F4N7O/c23-12-7-15(19(30-10-12)29-9-11-3-5-27-18-14(11)4-6-28-18)20(34)31-13-1-2-16-17(8-13)33-21(32-16)22(24,25)26/h1-8,10H,9H2,(H,27,28)(H,29,30)(H,31,34)(H,32,33). The summed E-state index contributed by atoms with van der Waals surface area (Å²) in [4.78, 5) is 29.8. The number of carbonyl (C=O) groups is 1. The van der Waals surface area contributed by atoms with Crippen LogP contribution in [0.4, 0.5) is 29.1 Å². The number of pyridine rings is 2. The van der Waals surface area contributed by atoms with Crippen molar-refractivity contribution in [3.05, 3.63) is 77.8 Å². The molecule has 1 aromatic carbocycles. The summed E-state index contributed by atoms with van der Waals surface area (Å²) in [6.45, 7) is 0.287. The van der Waals surface area contributed by atoms with Gasteiger partial charge in [0.05, 0.1) is 22.8 Å². The number of anilines is 2. The van der Waals surface area contributed by atoms with Gasteiger partial charge in [-0.3, -0.25) is 4.79 Å². The molecule has 5 aromatic rings. The summed E-state index contributed by atoms with van der Waals surface area (Å²) >= 11 is 0. The molecule has 4 aromatic heterocycles. The van der Waals surface area contributed by atoms with E-state index in [4.69, 9.17) is 0 Å². The van der Waals surface area contributed by atoms with Crippen molar-refractivity contribution in [2.45, 2.75) is 12.7 Å². The molecule has 0 unspecified atom stereocenters. The van der Waals surface area contributed by atoms with E-state index in [0.717, 1.165) is 23.2 Å². The topological polar surface area (TPSA) is 111 Å². The van der Waals surface area contributed by atoms with Crippen LogP contribution >= 0.6 is 0 Å². The van der Waals surface area contributed by atoms with Crippen molar-refractivity contribution in [1.29, 1.82) is 0 Å². The van der Waals surface area contributed by atoms with Crippen molar-refractivity contribution < 1.29 is 22.4 Å². The fourth-order valence-electron chi connectivity index (χ4n) is 3.52. The molecule has 0 spiro atoms. The zero-order valence-electron chi connectivity index (χ0n) is 17.2. The number of aromatic nitrogens is 5. The first-order chi connectivity index (χ1) is 16.3. The van der Waals surface area contributed by atoms with Gasteiger partial charge in [-0.05, 0) is 42.0 Å². The molecule has 172 valence electrons. The van der Waals surface area contributed by atoms with Gasteiger partial charge in [-0.1, -0.05) is 0 Å². The molecule has 1 amide bonds. The van der Waals surface area contributed by atoms with E-state index in [1.54, 1.807) is 18.5 Å². The lowest BCUT2D eigenvalue weighted by molar-refractivity contribution is -0.144. The number of carbonyl (C=O) groups excluding carboxylic acids is 1. The van der Waals surface area contributed by atoms with Crippen LogP contribution in [0, 0.1) is 5.82 Å². The molecule has 4 N–H and O–H groups in total. The average Bonchev–Trinajstić information content (AvgIpc) is 3.45. The van der Waals surface area contributed by atoms with Gasteiger partial charge in [0.2, 0.25) is 5.82 Å². The van der Waals surface area contributed by atoms with Gasteiger partial charge in [0, 0.05) is 30.0 Å². The maximum Gasteiger partial charge on any atom is 0.449 e. The second-order valence-electron chi connectivity index (χ2n) is 7.38. The van der Waals surface area contributed by atoms with E-state index in [0.29, 0.717) is 5.65 Å². The molecule has 8 nitrogen and oxygen atoms in total. The monoisotopic (exact) mass is 469 g/mol. The van der Waals surface area contributed by atoms with Crippen LogP contribution < -0.4 is 10.6 Å². The van der Waals surface area contributed by atoms with E-state index in [2.05, 4.69) is 35.6 Å². The highest BCUT2D eigenvalue weighted by Gasteiger charge is 2.34. The summed E-state index contributed by atoms with van der Waals surface area (Å²) < 4.78 is 52.6. The zero-order valence-corrected chi connectivity index (χ0v) is 17.2. The Morgan fingerprint density at radius 3 is 2.76 bits per heavy atom. The van der Waals surface area contributed by atoms with Crippen LogP contribution in [-0.4, -0.2) is 30.8 Å². The van der Waals surface area contributed by atoms with Crippen molar-refractivity contribution in [3.63, 3.8) is 0 Å². The number of alkyl halides is 3. The number of imidazole rings is 1. The van der Waals surface area contributed by atoms with Crippen LogP contribution in [0.25, 0.3) is 22.1 Å². The molecular weight excluding hydrogens is 454 g/mol. The number of rotatable bonds is 5. The van der Waals surface area contributed by atoms with Crippen LogP contribution in [-0.2, 0) is 12.7 Å². The molecule has 0 saturated heterocycles. The second kappa shape index (κ2) is 8.14. The minimum Gasteiger partial charge on any atom is -0.365 e. The Bertz CT molecular complexity index is 1520. The van der Waals surface area contributed by atoms with Gasteiger partial charge in [0.15, 0.2) is 0 Å². The second-order valence-corrected chi connectivity index (χ2v) is 7.38. The average molecular weight is 469 g/mol. The van der Waals surface area contributed by atoms with Gasteiger partial charge >= 0.3 is 6.18 Å². The molecule has 0 fully saturated rings. The predicted molar refractivity (Wildman–Crippen MR) is 117 cm³/mol. The van der Waals surface area contributed by atoms with Gasteiger partial charge < -0.3 is 20.6 Å². The first-order valence-electron chi connectivity index (χ1n) is 9.96. The van der Waals surface area contributed by atoms with Crippen LogP contribution in [0.3, 0.4) is 0 Å². The summed E-state index contributed by atoms with van der Waals surface area (Å²) in [7, 11) is 0. The van der Waals surface area contributed by atoms with E-state index in [1.165, 1.54) is 18.2 Å². The Morgan fingerprint density at radius 2 is 1.94 bits per heavy atom. The molecule has 0 bridgehead atoms. The number of benzene rings is 1. The summed E-state index contributed by atoms with van der Waals surface area (Å²) in [6, 6.07) is 8.76. The SMILES string of the molecule is O=C(Nc1ccc2[nH]c(C(F)(F)F)nc2c1)c1cc(F)cnc1NCc1ccnc2[nH]ccc12. The van der Waals surface area contributed by atoms with E-state index in [1.807, 2.05) is 6.07 Å². The number of nitrogens with zero attached hydrogens (tertiary/aromatic N) is 3. The van der Waals surface area contributed by atoms with E-state index in [-0.39, 0.29) is 34.6 Å². The number of halogens is 4. The van der Waals surface area contributed by atoms with Gasteiger partial charge in [0.1, 0.15) is 17.3 Å². The summed E-state index contributed by atoms with van der Waals surface area (Å²) in [5, 5.41) is 6.47. The molecule has 34 heavy (non-hydrogen) atoms. The molecule has 0 radical (unpaired) electrons. The first kappa shape index (κ1) is 21.4. The lowest BCUT2D eigenvalue weighted by Gasteiger charge is -2.12. The minimum absolute atomic E-state index is 0.0223. The number of aromatic amines is 2. The lowest BCUT2D eigenvalue weighted by atomic mass is 10.1. The molecule has 0 aliphatic heterocycles. The Morgan fingerprint density at radius 1 is 1.09 bits per heavy atom. The minimum atomic E-state index is -4.63. The maximum atomic E-state index is 13.9. The molecule has 0 atom stereocenters. The molecule has 12 heteroatoms. The van der Waals surface area contributed by atoms with Gasteiger partial charge in [0.25, 0.3) is 5.91 Å². The first-order valence-corrected chi connectivity index (χ1v) is 9.96. The quantitative estimate of drug-likeness (QED) is 0.275. The normalized spacial score (nSPS) is 11.8. The van der Waals surface area contributed by atoms with Crippen LogP contribution in [0.2, 0.25) is 0 Å². The highest BCUT2D eigenvalue weighted by molar-refractivity contribution is 6.08. The zero-order chi connectivity index (χ0) is 23.9. The molecular formula is C22H15F4N7O. The molecule has 0 aliphatic carbocycles. The van der Waals surface area contributed by atoms with Crippen LogP contribution in [0.1, 0.15) is 21.7 Å². The Labute approximate surface area is 188 Å². The van der Waals surface area contributed by atoms with Gasteiger partial charge in [-0.2, -0.15) is 13.2 Å². The van der Waals surface area contributed by atoms with Gasteiger partial charge in [-0.15, -0.1) is 0 Å². The Hall–Kier alpha value is -4.48. The summed E-state index contributed by atoms with van der Waals surface area (Å²) in [5.74, 6) is -2.41. The van der Waals surface area contributed by atoms with Crippen molar-refractivity contribution in [2.24, 2.45) is 0 Å². The van der Waals surface area contributed by atoms with Crippen molar-refractivity contribution >= 4 is 39.5 Å². The smallest absolute Gasteiger partial charge is 0.365 e. The maximum absolute atomic E-state index is 13.9. The third-order valence-corrected chi connectivity index (χ3v) is 5.11. The van der Waals surface area contributed by atoms with Crippen LogP contribution in [0.15, 0.2) is 55.0 Å². The highest BCUT2D eigenvalue weighted by Crippen LogP contribution is 2.29. The molecule has 0 aliphatic rings. The number of fused-ring (bicyclic) bond motifs is 2. The number of hydrogen-bond acceptors (Lipinski definition) is 5. The van der Waals surface area contributed by atoms with E-state index in [9.17, 15) is 22.4 Å².